The standard InChI is InChI=1S/C23H26F2N2O4/c1-2-30-21-12-17(23(29)26-14-16-10-18(24)13-19(25)11-16)6-7-20(21)31-15-22(28)27-8-4-3-5-9-27/h6-7,10-13H,2-5,8-9,14-15H2,1H3,(H,26,29). The predicted molar refractivity (Wildman–Crippen MR) is 111 cm³/mol. The zero-order chi connectivity index (χ0) is 22.2. The molecule has 0 bridgehead atoms. The van der Waals surface area contributed by atoms with Crippen LogP contribution in [0.15, 0.2) is 36.4 Å². The van der Waals surface area contributed by atoms with E-state index in [1.54, 1.807) is 24.0 Å². The second-order valence-corrected chi connectivity index (χ2v) is 7.29. The Morgan fingerprint density at radius 1 is 0.968 bits per heavy atom. The molecule has 1 aliphatic heterocycles. The molecule has 0 aromatic heterocycles. The summed E-state index contributed by atoms with van der Waals surface area (Å²) >= 11 is 0. The van der Waals surface area contributed by atoms with Gasteiger partial charge in [-0.15, -0.1) is 0 Å². The van der Waals surface area contributed by atoms with Crippen molar-refractivity contribution in [3.63, 3.8) is 0 Å². The van der Waals surface area contributed by atoms with Crippen LogP contribution in [0.25, 0.3) is 0 Å². The minimum atomic E-state index is -0.705. The number of likely N-dealkylation sites (tertiary alicyclic amines) is 1. The first-order valence-electron chi connectivity index (χ1n) is 10.4. The van der Waals surface area contributed by atoms with Crippen molar-refractivity contribution in [2.45, 2.75) is 32.7 Å². The number of hydrogen-bond acceptors (Lipinski definition) is 4. The quantitative estimate of drug-likeness (QED) is 0.691. The van der Waals surface area contributed by atoms with Crippen LogP contribution < -0.4 is 14.8 Å². The Labute approximate surface area is 180 Å². The Morgan fingerprint density at radius 2 is 1.68 bits per heavy atom. The molecule has 1 saturated heterocycles. The number of carbonyl (C=O) groups excluding carboxylic acids is 2. The Balaban J connectivity index is 1.62. The first-order valence-corrected chi connectivity index (χ1v) is 10.4. The molecule has 1 heterocycles. The fourth-order valence-corrected chi connectivity index (χ4v) is 3.41. The molecule has 2 aromatic rings. The fourth-order valence-electron chi connectivity index (χ4n) is 3.41. The largest absolute Gasteiger partial charge is 0.490 e. The number of benzene rings is 2. The van der Waals surface area contributed by atoms with Gasteiger partial charge in [0.25, 0.3) is 11.8 Å². The molecule has 166 valence electrons. The van der Waals surface area contributed by atoms with Crippen LogP contribution in [0.3, 0.4) is 0 Å². The molecule has 0 atom stereocenters. The van der Waals surface area contributed by atoms with E-state index in [4.69, 9.17) is 9.47 Å². The second-order valence-electron chi connectivity index (χ2n) is 7.29. The van der Waals surface area contributed by atoms with Crippen LogP contribution in [0.2, 0.25) is 0 Å². The average Bonchev–Trinajstić information content (AvgIpc) is 2.76. The van der Waals surface area contributed by atoms with Gasteiger partial charge >= 0.3 is 0 Å². The Morgan fingerprint density at radius 3 is 2.35 bits per heavy atom. The SMILES string of the molecule is CCOc1cc(C(=O)NCc2cc(F)cc(F)c2)ccc1OCC(=O)N1CCCCC1. The summed E-state index contributed by atoms with van der Waals surface area (Å²) in [6.07, 6.45) is 3.14. The number of nitrogens with zero attached hydrogens (tertiary/aromatic N) is 1. The van der Waals surface area contributed by atoms with Crippen LogP contribution >= 0.6 is 0 Å². The van der Waals surface area contributed by atoms with Gasteiger partial charge in [0.15, 0.2) is 18.1 Å². The summed E-state index contributed by atoms with van der Waals surface area (Å²) in [4.78, 5) is 26.6. The van der Waals surface area contributed by atoms with Crippen molar-refractivity contribution in [1.29, 1.82) is 0 Å². The summed E-state index contributed by atoms with van der Waals surface area (Å²) in [5.74, 6) is -1.20. The highest BCUT2D eigenvalue weighted by atomic mass is 19.1. The van der Waals surface area contributed by atoms with Gasteiger partial charge in [-0.25, -0.2) is 8.78 Å². The van der Waals surface area contributed by atoms with Crippen LogP contribution in [0.5, 0.6) is 11.5 Å². The fraction of sp³-hybridized carbons (Fsp3) is 0.391. The Kier molecular flexibility index (Phi) is 7.81. The van der Waals surface area contributed by atoms with Crippen molar-refractivity contribution in [1.82, 2.24) is 10.2 Å². The van der Waals surface area contributed by atoms with Crippen molar-refractivity contribution >= 4 is 11.8 Å². The van der Waals surface area contributed by atoms with Crippen molar-refractivity contribution in [2.24, 2.45) is 0 Å². The van der Waals surface area contributed by atoms with Crippen molar-refractivity contribution in [2.75, 3.05) is 26.3 Å². The first-order chi connectivity index (χ1) is 15.0. The van der Waals surface area contributed by atoms with E-state index in [1.165, 1.54) is 6.07 Å². The van der Waals surface area contributed by atoms with E-state index in [1.807, 2.05) is 0 Å². The molecule has 1 fully saturated rings. The number of nitrogens with one attached hydrogen (secondary N) is 1. The monoisotopic (exact) mass is 432 g/mol. The molecule has 1 N–H and O–H groups in total. The molecule has 0 spiro atoms. The Hall–Kier alpha value is -3.16. The molecular weight excluding hydrogens is 406 g/mol. The van der Waals surface area contributed by atoms with Gasteiger partial charge in [-0.05, 0) is 62.1 Å². The lowest BCUT2D eigenvalue weighted by Gasteiger charge is -2.26. The van der Waals surface area contributed by atoms with Crippen molar-refractivity contribution in [3.05, 3.63) is 59.2 Å². The maximum atomic E-state index is 13.3. The number of hydrogen-bond donors (Lipinski definition) is 1. The Bertz CT molecular complexity index is 910. The van der Waals surface area contributed by atoms with E-state index >= 15 is 0 Å². The van der Waals surface area contributed by atoms with E-state index in [0.29, 0.717) is 29.2 Å². The lowest BCUT2D eigenvalue weighted by molar-refractivity contribution is -0.134. The maximum absolute atomic E-state index is 13.3. The third-order valence-corrected chi connectivity index (χ3v) is 4.94. The van der Waals surface area contributed by atoms with Crippen LogP contribution in [0.4, 0.5) is 8.78 Å². The lowest BCUT2D eigenvalue weighted by atomic mass is 10.1. The first kappa shape index (κ1) is 22.5. The van der Waals surface area contributed by atoms with E-state index in [9.17, 15) is 18.4 Å². The van der Waals surface area contributed by atoms with Gasteiger partial charge in [0, 0.05) is 31.3 Å². The topological polar surface area (TPSA) is 67.9 Å². The minimum Gasteiger partial charge on any atom is -0.490 e. The van der Waals surface area contributed by atoms with Crippen LogP contribution in [0, 0.1) is 11.6 Å². The summed E-state index contributed by atoms with van der Waals surface area (Å²) in [6.45, 7) is 3.51. The molecule has 3 rings (SSSR count). The molecule has 2 amide bonds. The molecule has 2 aromatic carbocycles. The molecule has 31 heavy (non-hydrogen) atoms. The van der Waals surface area contributed by atoms with Crippen LogP contribution in [0.1, 0.15) is 42.1 Å². The molecular formula is C23H26F2N2O4. The van der Waals surface area contributed by atoms with Gasteiger partial charge in [0.2, 0.25) is 0 Å². The summed E-state index contributed by atoms with van der Waals surface area (Å²) in [5, 5.41) is 2.62. The number of amides is 2. The van der Waals surface area contributed by atoms with E-state index in [2.05, 4.69) is 5.32 Å². The summed E-state index contributed by atoms with van der Waals surface area (Å²) in [5.41, 5.74) is 0.613. The highest BCUT2D eigenvalue weighted by molar-refractivity contribution is 5.94. The smallest absolute Gasteiger partial charge is 0.260 e. The van der Waals surface area contributed by atoms with Crippen molar-refractivity contribution < 1.29 is 27.8 Å². The van der Waals surface area contributed by atoms with Crippen LogP contribution in [-0.2, 0) is 11.3 Å². The second kappa shape index (κ2) is 10.7. The molecule has 1 aliphatic rings. The molecule has 0 saturated carbocycles. The molecule has 6 nitrogen and oxygen atoms in total. The third kappa shape index (κ3) is 6.41. The highest BCUT2D eigenvalue weighted by Gasteiger charge is 2.18. The van der Waals surface area contributed by atoms with Gasteiger partial charge in [-0.2, -0.15) is 0 Å². The zero-order valence-corrected chi connectivity index (χ0v) is 17.5. The molecule has 0 unspecified atom stereocenters. The summed E-state index contributed by atoms with van der Waals surface area (Å²) in [6, 6.07) is 7.73. The van der Waals surface area contributed by atoms with Gasteiger partial charge < -0.3 is 19.7 Å². The van der Waals surface area contributed by atoms with E-state index in [-0.39, 0.29) is 19.1 Å². The van der Waals surface area contributed by atoms with Gasteiger partial charge in [-0.1, -0.05) is 0 Å². The van der Waals surface area contributed by atoms with Gasteiger partial charge in [0.05, 0.1) is 6.61 Å². The predicted octanol–water partition coefficient (Wildman–Crippen LogP) is 3.68. The van der Waals surface area contributed by atoms with Crippen LogP contribution in [-0.4, -0.2) is 43.0 Å². The average molecular weight is 432 g/mol. The highest BCUT2D eigenvalue weighted by Crippen LogP contribution is 2.29. The number of halogens is 2. The molecule has 8 heteroatoms. The number of piperidine rings is 1. The molecule has 0 radical (unpaired) electrons. The molecule has 0 aliphatic carbocycles. The number of rotatable bonds is 8. The van der Waals surface area contributed by atoms with Gasteiger partial charge in [-0.3, -0.25) is 9.59 Å². The van der Waals surface area contributed by atoms with Crippen molar-refractivity contribution in [3.8, 4) is 11.5 Å². The van der Waals surface area contributed by atoms with E-state index < -0.39 is 17.5 Å². The van der Waals surface area contributed by atoms with E-state index in [0.717, 1.165) is 50.6 Å². The van der Waals surface area contributed by atoms with Gasteiger partial charge in [0.1, 0.15) is 11.6 Å². The summed E-state index contributed by atoms with van der Waals surface area (Å²) in [7, 11) is 0. The third-order valence-electron chi connectivity index (χ3n) is 4.94. The maximum Gasteiger partial charge on any atom is 0.260 e. The number of carbonyl (C=O) groups is 2. The summed E-state index contributed by atoms with van der Waals surface area (Å²) < 4.78 is 37.8. The minimum absolute atomic E-state index is 0.0277. The normalized spacial score (nSPS) is 13.6. The lowest BCUT2D eigenvalue weighted by Crippen LogP contribution is -2.38. The number of ether oxygens (including phenoxy) is 2. The zero-order valence-electron chi connectivity index (χ0n) is 17.5.